The van der Waals surface area contributed by atoms with Crippen LogP contribution in [0.4, 0.5) is 0 Å². The fraction of sp³-hybridized carbons (Fsp3) is 0.714. The predicted octanol–water partition coefficient (Wildman–Crippen LogP) is 1.36. The van der Waals surface area contributed by atoms with Crippen molar-refractivity contribution in [1.29, 1.82) is 0 Å². The minimum Gasteiger partial charge on any atom is -0.459 e. The van der Waals surface area contributed by atoms with Gasteiger partial charge in [0, 0.05) is 58.9 Å². The number of morpholine rings is 1. The first kappa shape index (κ1) is 21.6. The Morgan fingerprint density at radius 3 is 2.41 bits per heavy atom. The molecule has 2 saturated heterocycles. The molecule has 8 heteroatoms. The SMILES string of the molecule is CN=C(NCC(CC(C)C)N1CCOCC1)N1CCN(C(=O)c2ccco2)CC1. The van der Waals surface area contributed by atoms with E-state index in [2.05, 4.69) is 34.0 Å². The van der Waals surface area contributed by atoms with Gasteiger partial charge in [-0.1, -0.05) is 13.8 Å². The van der Waals surface area contributed by atoms with Crippen LogP contribution in [0.2, 0.25) is 0 Å². The van der Waals surface area contributed by atoms with E-state index in [4.69, 9.17) is 9.15 Å². The number of rotatable bonds is 6. The van der Waals surface area contributed by atoms with E-state index < -0.39 is 0 Å². The number of amides is 1. The van der Waals surface area contributed by atoms with E-state index in [9.17, 15) is 4.79 Å². The van der Waals surface area contributed by atoms with E-state index in [0.29, 0.717) is 30.8 Å². The summed E-state index contributed by atoms with van der Waals surface area (Å²) in [7, 11) is 1.83. The Kier molecular flexibility index (Phi) is 7.94. The minimum absolute atomic E-state index is 0.0399. The summed E-state index contributed by atoms with van der Waals surface area (Å²) in [6.07, 6.45) is 2.69. The number of piperazine rings is 1. The summed E-state index contributed by atoms with van der Waals surface area (Å²) in [5, 5.41) is 3.58. The number of carbonyl (C=O) groups excluding carboxylic acids is 1. The van der Waals surface area contributed by atoms with Crippen LogP contribution in [0.15, 0.2) is 27.8 Å². The zero-order chi connectivity index (χ0) is 20.6. The summed E-state index contributed by atoms with van der Waals surface area (Å²) in [4.78, 5) is 23.6. The summed E-state index contributed by atoms with van der Waals surface area (Å²) < 4.78 is 10.8. The average molecular weight is 406 g/mol. The molecule has 1 N–H and O–H groups in total. The Bertz CT molecular complexity index is 647. The Labute approximate surface area is 173 Å². The highest BCUT2D eigenvalue weighted by Crippen LogP contribution is 2.14. The van der Waals surface area contributed by atoms with Gasteiger partial charge in [-0.25, -0.2) is 0 Å². The maximum atomic E-state index is 12.5. The second-order valence-corrected chi connectivity index (χ2v) is 8.12. The van der Waals surface area contributed by atoms with Gasteiger partial charge in [-0.2, -0.15) is 0 Å². The number of hydrogen-bond donors (Lipinski definition) is 1. The van der Waals surface area contributed by atoms with Gasteiger partial charge < -0.3 is 24.3 Å². The van der Waals surface area contributed by atoms with Crippen molar-refractivity contribution in [2.45, 2.75) is 26.3 Å². The van der Waals surface area contributed by atoms with Crippen LogP contribution in [-0.2, 0) is 4.74 Å². The zero-order valence-corrected chi connectivity index (χ0v) is 18.0. The molecule has 1 atom stereocenters. The van der Waals surface area contributed by atoms with E-state index in [1.807, 2.05) is 11.9 Å². The van der Waals surface area contributed by atoms with Crippen molar-refractivity contribution in [3.63, 3.8) is 0 Å². The second kappa shape index (κ2) is 10.6. The van der Waals surface area contributed by atoms with Gasteiger partial charge in [-0.05, 0) is 24.5 Å². The largest absolute Gasteiger partial charge is 0.459 e. The van der Waals surface area contributed by atoms with Crippen molar-refractivity contribution in [2.24, 2.45) is 10.9 Å². The smallest absolute Gasteiger partial charge is 0.289 e. The lowest BCUT2D eigenvalue weighted by molar-refractivity contribution is 0.0131. The van der Waals surface area contributed by atoms with Gasteiger partial charge in [0.1, 0.15) is 0 Å². The molecule has 2 aliphatic heterocycles. The normalized spacial score (nSPS) is 20.2. The highest BCUT2D eigenvalue weighted by Gasteiger charge is 2.26. The van der Waals surface area contributed by atoms with Crippen LogP contribution in [0.1, 0.15) is 30.8 Å². The van der Waals surface area contributed by atoms with Gasteiger partial charge in [-0.3, -0.25) is 14.7 Å². The first-order chi connectivity index (χ1) is 14.1. The topological polar surface area (TPSA) is 73.6 Å². The van der Waals surface area contributed by atoms with Gasteiger partial charge in [0.2, 0.25) is 0 Å². The monoisotopic (exact) mass is 405 g/mol. The molecule has 2 fully saturated rings. The van der Waals surface area contributed by atoms with Gasteiger partial charge in [0.15, 0.2) is 11.7 Å². The highest BCUT2D eigenvalue weighted by molar-refractivity contribution is 5.91. The molecule has 1 aromatic rings. The van der Waals surface area contributed by atoms with Crippen molar-refractivity contribution in [2.75, 3.05) is 66.1 Å². The lowest BCUT2D eigenvalue weighted by atomic mass is 10.0. The third-order valence-corrected chi connectivity index (χ3v) is 5.61. The molecule has 8 nitrogen and oxygen atoms in total. The Balaban J connectivity index is 1.51. The molecule has 0 aliphatic carbocycles. The quantitative estimate of drug-likeness (QED) is 0.569. The van der Waals surface area contributed by atoms with Crippen LogP contribution in [0.3, 0.4) is 0 Å². The van der Waals surface area contributed by atoms with Gasteiger partial charge in [-0.15, -0.1) is 0 Å². The molecule has 2 aliphatic rings. The number of furan rings is 1. The van der Waals surface area contributed by atoms with Crippen molar-refractivity contribution in [3.05, 3.63) is 24.2 Å². The Hall–Kier alpha value is -2.06. The van der Waals surface area contributed by atoms with Crippen molar-refractivity contribution >= 4 is 11.9 Å². The van der Waals surface area contributed by atoms with Crippen molar-refractivity contribution in [3.8, 4) is 0 Å². The van der Waals surface area contributed by atoms with Crippen LogP contribution in [0, 0.1) is 5.92 Å². The number of nitrogens with one attached hydrogen (secondary N) is 1. The van der Waals surface area contributed by atoms with E-state index in [1.54, 1.807) is 12.1 Å². The standard InChI is InChI=1S/C21H35N5O3/c1-17(2)15-18(24-10-13-28-14-11-24)16-23-21(22-3)26-8-6-25(7-9-26)20(27)19-5-4-12-29-19/h4-5,12,17-18H,6-11,13-16H2,1-3H3,(H,22,23). The van der Waals surface area contributed by atoms with Crippen molar-refractivity contribution < 1.29 is 13.9 Å². The van der Waals surface area contributed by atoms with Crippen LogP contribution < -0.4 is 5.32 Å². The molecule has 0 radical (unpaired) electrons. The summed E-state index contributed by atoms with van der Waals surface area (Å²) in [5.74, 6) is 1.92. The van der Waals surface area contributed by atoms with Crippen LogP contribution in [-0.4, -0.2) is 98.7 Å². The van der Waals surface area contributed by atoms with Crippen LogP contribution >= 0.6 is 0 Å². The third kappa shape index (κ3) is 5.96. The summed E-state index contributed by atoms with van der Waals surface area (Å²) in [5.41, 5.74) is 0. The number of hydrogen-bond acceptors (Lipinski definition) is 5. The van der Waals surface area contributed by atoms with Gasteiger partial charge in [0.05, 0.1) is 19.5 Å². The maximum Gasteiger partial charge on any atom is 0.289 e. The van der Waals surface area contributed by atoms with E-state index in [-0.39, 0.29) is 5.91 Å². The second-order valence-electron chi connectivity index (χ2n) is 8.12. The highest BCUT2D eigenvalue weighted by atomic mass is 16.5. The molecule has 1 aromatic heterocycles. The van der Waals surface area contributed by atoms with E-state index in [1.165, 1.54) is 6.26 Å². The van der Waals surface area contributed by atoms with E-state index in [0.717, 1.165) is 58.3 Å². The molecule has 1 unspecified atom stereocenters. The van der Waals surface area contributed by atoms with Crippen LogP contribution in [0.5, 0.6) is 0 Å². The maximum absolute atomic E-state index is 12.5. The lowest BCUT2D eigenvalue weighted by Gasteiger charge is -2.38. The molecular weight excluding hydrogens is 370 g/mol. The summed E-state index contributed by atoms with van der Waals surface area (Å²) in [6.45, 7) is 11.9. The Morgan fingerprint density at radius 2 is 1.83 bits per heavy atom. The number of carbonyl (C=O) groups is 1. The summed E-state index contributed by atoms with van der Waals surface area (Å²) >= 11 is 0. The number of guanidine groups is 1. The molecule has 0 bridgehead atoms. The number of ether oxygens (including phenoxy) is 1. The fourth-order valence-corrected chi connectivity index (χ4v) is 4.07. The van der Waals surface area contributed by atoms with Crippen molar-refractivity contribution in [1.82, 2.24) is 20.0 Å². The first-order valence-corrected chi connectivity index (χ1v) is 10.7. The minimum atomic E-state index is -0.0399. The lowest BCUT2D eigenvalue weighted by Crippen LogP contribution is -2.56. The van der Waals surface area contributed by atoms with E-state index >= 15 is 0 Å². The zero-order valence-electron chi connectivity index (χ0n) is 18.0. The molecule has 3 heterocycles. The molecule has 29 heavy (non-hydrogen) atoms. The van der Waals surface area contributed by atoms with Gasteiger partial charge >= 0.3 is 0 Å². The fourth-order valence-electron chi connectivity index (χ4n) is 4.07. The third-order valence-electron chi connectivity index (χ3n) is 5.61. The van der Waals surface area contributed by atoms with Crippen LogP contribution in [0.25, 0.3) is 0 Å². The molecule has 162 valence electrons. The number of nitrogens with zero attached hydrogens (tertiary/aromatic N) is 4. The molecule has 0 spiro atoms. The average Bonchev–Trinajstić information content (AvgIpc) is 3.28. The Morgan fingerprint density at radius 1 is 1.14 bits per heavy atom. The first-order valence-electron chi connectivity index (χ1n) is 10.7. The molecule has 1 amide bonds. The molecule has 0 saturated carbocycles. The summed E-state index contributed by atoms with van der Waals surface area (Å²) in [6, 6.07) is 3.94. The number of aliphatic imine (C=N–C) groups is 1. The molecular formula is C21H35N5O3. The molecule has 3 rings (SSSR count). The predicted molar refractivity (Wildman–Crippen MR) is 113 cm³/mol. The van der Waals surface area contributed by atoms with Gasteiger partial charge in [0.25, 0.3) is 5.91 Å². The molecule has 0 aromatic carbocycles.